The van der Waals surface area contributed by atoms with Crippen LogP contribution in [0, 0.1) is 6.92 Å². The molecule has 0 unspecified atom stereocenters. The van der Waals surface area contributed by atoms with E-state index >= 15 is 0 Å². The summed E-state index contributed by atoms with van der Waals surface area (Å²) in [5.41, 5.74) is -0.210. The summed E-state index contributed by atoms with van der Waals surface area (Å²) >= 11 is 0. The minimum atomic E-state index is -4.60. The predicted molar refractivity (Wildman–Crippen MR) is 61.8 cm³/mol. The molecule has 0 spiro atoms. The summed E-state index contributed by atoms with van der Waals surface area (Å²) in [6, 6.07) is 5.77. The first-order chi connectivity index (χ1) is 8.34. The molecule has 1 rings (SSSR count). The van der Waals surface area contributed by atoms with E-state index in [9.17, 15) is 18.0 Å². The molecule has 98 valence electrons. The van der Waals surface area contributed by atoms with Crippen molar-refractivity contribution < 1.29 is 22.7 Å². The Bertz CT molecular complexity index is 444. The fourth-order valence-corrected chi connectivity index (χ4v) is 1.36. The normalized spacial score (nSPS) is 12.4. The molecule has 2 nitrogen and oxygen atoms in total. The first-order valence-electron chi connectivity index (χ1n) is 5.37. The van der Waals surface area contributed by atoms with E-state index in [2.05, 4.69) is 4.74 Å². The molecule has 0 heterocycles. The average Bonchev–Trinajstić information content (AvgIpc) is 2.26. The molecule has 0 aliphatic rings. The lowest BCUT2D eigenvalue weighted by Gasteiger charge is -2.12. The van der Waals surface area contributed by atoms with Crippen molar-refractivity contribution in [3.05, 3.63) is 41.5 Å². The van der Waals surface area contributed by atoms with Crippen LogP contribution in [0.15, 0.2) is 30.3 Å². The average molecular weight is 258 g/mol. The molecule has 1 aromatic carbocycles. The number of allylic oxidation sites excluding steroid dienone is 1. The van der Waals surface area contributed by atoms with Crippen LogP contribution in [-0.2, 0) is 9.53 Å². The van der Waals surface area contributed by atoms with Gasteiger partial charge in [0, 0.05) is 6.08 Å². The number of aryl methyl sites for hydroxylation is 1. The second-order valence-electron chi connectivity index (χ2n) is 3.67. The van der Waals surface area contributed by atoms with Gasteiger partial charge in [-0.1, -0.05) is 29.8 Å². The van der Waals surface area contributed by atoms with Gasteiger partial charge in [-0.25, -0.2) is 4.79 Å². The number of ether oxygens (including phenoxy) is 1. The van der Waals surface area contributed by atoms with Gasteiger partial charge in [0.15, 0.2) is 0 Å². The summed E-state index contributed by atoms with van der Waals surface area (Å²) in [7, 11) is 0. The number of carbonyl (C=O) groups is 1. The molecule has 0 amide bonds. The summed E-state index contributed by atoms with van der Waals surface area (Å²) in [5.74, 6) is -0.995. The Balaban J connectivity index is 3.14. The molecule has 1 aromatic rings. The van der Waals surface area contributed by atoms with Crippen LogP contribution in [-0.4, -0.2) is 18.8 Å². The van der Waals surface area contributed by atoms with E-state index in [0.29, 0.717) is 6.08 Å². The molecule has 0 aromatic heterocycles. The predicted octanol–water partition coefficient (Wildman–Crippen LogP) is 3.50. The maximum absolute atomic E-state index is 12.8. The lowest BCUT2D eigenvalue weighted by molar-refractivity contribution is -0.137. The zero-order valence-corrected chi connectivity index (χ0v) is 10.0. The molecule has 0 aliphatic carbocycles. The monoisotopic (exact) mass is 258 g/mol. The van der Waals surface area contributed by atoms with Crippen LogP contribution in [0.5, 0.6) is 0 Å². The Kier molecular flexibility index (Phi) is 4.53. The van der Waals surface area contributed by atoms with Gasteiger partial charge in [-0.2, -0.15) is 13.2 Å². The highest BCUT2D eigenvalue weighted by molar-refractivity contribution is 5.92. The minimum Gasteiger partial charge on any atom is -0.463 e. The Hall–Kier alpha value is -1.78. The SMILES string of the molecule is CCOC(=O)/C=C(/c1ccc(C)cc1)C(F)(F)F. The highest BCUT2D eigenvalue weighted by Crippen LogP contribution is 2.33. The van der Waals surface area contributed by atoms with Gasteiger partial charge in [0.1, 0.15) is 0 Å². The zero-order chi connectivity index (χ0) is 13.8. The molecule has 0 saturated carbocycles. The van der Waals surface area contributed by atoms with Crippen LogP contribution in [0.4, 0.5) is 13.2 Å². The number of halogens is 3. The molecule has 0 aliphatic heterocycles. The second kappa shape index (κ2) is 5.71. The lowest BCUT2D eigenvalue weighted by atomic mass is 10.0. The number of hydrogen-bond acceptors (Lipinski definition) is 2. The van der Waals surface area contributed by atoms with Crippen molar-refractivity contribution in [3.63, 3.8) is 0 Å². The van der Waals surface area contributed by atoms with Crippen LogP contribution in [0.2, 0.25) is 0 Å². The molecule has 0 radical (unpaired) electrons. The topological polar surface area (TPSA) is 26.3 Å². The zero-order valence-electron chi connectivity index (χ0n) is 10.0. The summed E-state index contributed by atoms with van der Waals surface area (Å²) < 4.78 is 43.0. The molecule has 18 heavy (non-hydrogen) atoms. The molecule has 0 saturated heterocycles. The smallest absolute Gasteiger partial charge is 0.417 e. The van der Waals surface area contributed by atoms with E-state index in [4.69, 9.17) is 0 Å². The summed E-state index contributed by atoms with van der Waals surface area (Å²) in [5, 5.41) is 0. The first-order valence-corrected chi connectivity index (χ1v) is 5.37. The largest absolute Gasteiger partial charge is 0.463 e. The Morgan fingerprint density at radius 1 is 1.28 bits per heavy atom. The van der Waals surface area contributed by atoms with Crippen molar-refractivity contribution in [2.24, 2.45) is 0 Å². The molecule has 0 N–H and O–H groups in total. The van der Waals surface area contributed by atoms with Crippen molar-refractivity contribution in [1.82, 2.24) is 0 Å². The third kappa shape index (κ3) is 3.91. The van der Waals surface area contributed by atoms with Crippen LogP contribution in [0.1, 0.15) is 18.1 Å². The standard InChI is InChI=1S/C13H13F3O2/c1-3-18-12(17)8-11(13(14,15)16)10-6-4-9(2)5-7-10/h4-8H,3H2,1-2H3/b11-8-. The number of esters is 1. The van der Waals surface area contributed by atoms with Crippen LogP contribution >= 0.6 is 0 Å². The quantitative estimate of drug-likeness (QED) is 0.612. The Morgan fingerprint density at radius 3 is 2.28 bits per heavy atom. The summed E-state index contributed by atoms with van der Waals surface area (Å²) in [6.45, 7) is 3.34. The van der Waals surface area contributed by atoms with E-state index in [1.807, 2.05) is 0 Å². The van der Waals surface area contributed by atoms with Crippen LogP contribution in [0.3, 0.4) is 0 Å². The fourth-order valence-electron chi connectivity index (χ4n) is 1.36. The molecule has 0 bridgehead atoms. The van der Waals surface area contributed by atoms with Gasteiger partial charge >= 0.3 is 12.1 Å². The van der Waals surface area contributed by atoms with E-state index in [1.54, 1.807) is 19.1 Å². The third-order valence-corrected chi connectivity index (χ3v) is 2.22. The maximum Gasteiger partial charge on any atom is 0.417 e. The van der Waals surface area contributed by atoms with Gasteiger partial charge < -0.3 is 4.74 Å². The van der Waals surface area contributed by atoms with Gasteiger partial charge in [0.2, 0.25) is 0 Å². The third-order valence-electron chi connectivity index (χ3n) is 2.22. The van der Waals surface area contributed by atoms with Crippen LogP contribution < -0.4 is 0 Å². The van der Waals surface area contributed by atoms with Crippen molar-refractivity contribution in [2.75, 3.05) is 6.61 Å². The van der Waals surface area contributed by atoms with E-state index in [-0.39, 0.29) is 12.2 Å². The van der Waals surface area contributed by atoms with Crippen molar-refractivity contribution >= 4 is 11.5 Å². The molecular formula is C13H13F3O2. The van der Waals surface area contributed by atoms with Crippen molar-refractivity contribution in [1.29, 1.82) is 0 Å². The summed E-state index contributed by atoms with van der Waals surface area (Å²) in [4.78, 5) is 11.1. The van der Waals surface area contributed by atoms with Crippen molar-refractivity contribution in [3.8, 4) is 0 Å². The van der Waals surface area contributed by atoms with Gasteiger partial charge in [-0.05, 0) is 19.4 Å². The number of alkyl halides is 3. The second-order valence-corrected chi connectivity index (χ2v) is 3.67. The highest BCUT2D eigenvalue weighted by atomic mass is 19.4. The van der Waals surface area contributed by atoms with Gasteiger partial charge in [0.25, 0.3) is 0 Å². The molecule has 0 atom stereocenters. The number of benzene rings is 1. The van der Waals surface area contributed by atoms with E-state index in [0.717, 1.165) is 5.56 Å². The lowest BCUT2D eigenvalue weighted by Crippen LogP contribution is -2.13. The fraction of sp³-hybridized carbons (Fsp3) is 0.308. The summed E-state index contributed by atoms with van der Waals surface area (Å²) in [6.07, 6.45) is -4.11. The Labute approximate surface area is 103 Å². The number of rotatable bonds is 3. The van der Waals surface area contributed by atoms with Gasteiger partial charge in [-0.3, -0.25) is 0 Å². The molecular weight excluding hydrogens is 245 g/mol. The number of carbonyl (C=O) groups excluding carboxylic acids is 1. The number of hydrogen-bond donors (Lipinski definition) is 0. The Morgan fingerprint density at radius 2 is 1.83 bits per heavy atom. The molecule has 5 heteroatoms. The van der Waals surface area contributed by atoms with Gasteiger partial charge in [-0.15, -0.1) is 0 Å². The highest BCUT2D eigenvalue weighted by Gasteiger charge is 2.35. The van der Waals surface area contributed by atoms with E-state index < -0.39 is 17.7 Å². The molecule has 0 fully saturated rings. The minimum absolute atomic E-state index is 0.0361. The maximum atomic E-state index is 12.8. The van der Waals surface area contributed by atoms with Crippen LogP contribution in [0.25, 0.3) is 5.57 Å². The van der Waals surface area contributed by atoms with Gasteiger partial charge in [0.05, 0.1) is 12.2 Å². The van der Waals surface area contributed by atoms with E-state index in [1.165, 1.54) is 19.1 Å². The first kappa shape index (κ1) is 14.3. The van der Waals surface area contributed by atoms with Crippen molar-refractivity contribution in [2.45, 2.75) is 20.0 Å².